The molecule has 1 aliphatic carbocycles. The van der Waals surface area contributed by atoms with Crippen LogP contribution in [0.1, 0.15) is 19.4 Å². The number of nitro benzene ring substituents is 1. The number of benzene rings is 1. The number of nitro groups is 1. The first kappa shape index (κ1) is 13.7. The lowest BCUT2D eigenvalue weighted by molar-refractivity contribution is -0.387. The lowest BCUT2D eigenvalue weighted by Gasteiger charge is -2.20. The molecule has 1 aliphatic heterocycles. The predicted octanol–water partition coefficient (Wildman–Crippen LogP) is 1.87. The summed E-state index contributed by atoms with van der Waals surface area (Å²) in [5.41, 5.74) is -0.550. The van der Waals surface area contributed by atoms with Crippen molar-refractivity contribution >= 4 is 17.5 Å². The molecule has 110 valence electrons. The van der Waals surface area contributed by atoms with Gasteiger partial charge in [-0.1, -0.05) is 19.9 Å². The smallest absolute Gasteiger partial charge is 0.278 e. The topological polar surface area (TPSA) is 80.5 Å². The number of imide groups is 1. The van der Waals surface area contributed by atoms with Gasteiger partial charge in [-0.25, -0.2) is 0 Å². The Hall–Kier alpha value is -2.31. The van der Waals surface area contributed by atoms with Crippen molar-refractivity contribution in [3.8, 4) is 0 Å². The Kier molecular flexibility index (Phi) is 2.66. The van der Waals surface area contributed by atoms with Gasteiger partial charge in [0, 0.05) is 6.07 Å². The van der Waals surface area contributed by atoms with E-state index in [1.54, 1.807) is 0 Å². The number of fused-ring (bicyclic) bond motifs is 1. The maximum atomic E-state index is 13.5. The van der Waals surface area contributed by atoms with Crippen LogP contribution in [-0.2, 0) is 16.1 Å². The molecule has 7 heteroatoms. The summed E-state index contributed by atoms with van der Waals surface area (Å²) in [6.07, 6.45) is 0. The van der Waals surface area contributed by atoms with Gasteiger partial charge in [-0.3, -0.25) is 24.6 Å². The molecule has 0 radical (unpaired) electrons. The van der Waals surface area contributed by atoms with E-state index >= 15 is 0 Å². The summed E-state index contributed by atoms with van der Waals surface area (Å²) in [6, 6.07) is 3.39. The predicted molar refractivity (Wildman–Crippen MR) is 69.4 cm³/mol. The normalized spacial score (nSPS) is 26.0. The Morgan fingerprint density at radius 1 is 1.29 bits per heavy atom. The molecule has 1 aromatic carbocycles. The first-order valence-electron chi connectivity index (χ1n) is 6.53. The minimum Gasteiger partial charge on any atom is -0.278 e. The second-order valence-electron chi connectivity index (χ2n) is 6.08. The van der Waals surface area contributed by atoms with Gasteiger partial charge < -0.3 is 0 Å². The number of nitrogens with zero attached hydrogens (tertiary/aromatic N) is 2. The summed E-state index contributed by atoms with van der Waals surface area (Å²) in [5.74, 6) is -2.02. The Bertz CT molecular complexity index is 662. The maximum absolute atomic E-state index is 13.5. The Balaban J connectivity index is 1.80. The Labute approximate surface area is 119 Å². The first-order valence-corrected chi connectivity index (χ1v) is 6.53. The number of hydrogen-bond donors (Lipinski definition) is 0. The van der Waals surface area contributed by atoms with Crippen molar-refractivity contribution in [2.45, 2.75) is 20.4 Å². The molecule has 0 N–H and O–H groups in total. The zero-order valence-corrected chi connectivity index (χ0v) is 11.5. The van der Waals surface area contributed by atoms with Crippen molar-refractivity contribution in [1.29, 1.82) is 0 Å². The Morgan fingerprint density at radius 2 is 1.86 bits per heavy atom. The number of hydrogen-bond acceptors (Lipinski definition) is 4. The molecule has 0 aromatic heterocycles. The molecule has 0 bridgehead atoms. The highest BCUT2D eigenvalue weighted by atomic mass is 19.1. The summed E-state index contributed by atoms with van der Waals surface area (Å²) in [6.45, 7) is 3.71. The molecule has 6 nitrogen and oxygen atoms in total. The number of likely N-dealkylation sites (tertiary alicyclic amines) is 1. The summed E-state index contributed by atoms with van der Waals surface area (Å²) in [7, 11) is 0. The molecule has 1 saturated carbocycles. The van der Waals surface area contributed by atoms with Gasteiger partial charge >= 0.3 is 5.69 Å². The monoisotopic (exact) mass is 292 g/mol. The summed E-state index contributed by atoms with van der Waals surface area (Å²) < 4.78 is 13.5. The lowest BCUT2D eigenvalue weighted by Crippen LogP contribution is -2.35. The minimum atomic E-state index is -0.970. The van der Waals surface area contributed by atoms with Crippen molar-refractivity contribution < 1.29 is 18.9 Å². The van der Waals surface area contributed by atoms with Crippen molar-refractivity contribution in [3.63, 3.8) is 0 Å². The maximum Gasteiger partial charge on any atom is 0.304 e. The molecule has 1 saturated heterocycles. The number of rotatable bonds is 3. The van der Waals surface area contributed by atoms with Crippen LogP contribution in [0.15, 0.2) is 18.2 Å². The van der Waals surface area contributed by atoms with E-state index in [1.165, 1.54) is 6.07 Å². The van der Waals surface area contributed by atoms with Gasteiger partial charge in [0.25, 0.3) is 0 Å². The largest absolute Gasteiger partial charge is 0.304 e. The van der Waals surface area contributed by atoms with Gasteiger partial charge in [-0.05, 0) is 17.0 Å². The van der Waals surface area contributed by atoms with Crippen LogP contribution < -0.4 is 0 Å². The SMILES string of the molecule is CC1(C)C2C(=O)N(Cc3ccc([N+](=O)[O-])c(F)c3)C(=O)C21. The number of carbonyl (C=O) groups excluding carboxylic acids is 2. The number of piperidine rings is 1. The quantitative estimate of drug-likeness (QED) is 0.484. The average Bonchev–Trinajstić information content (AvgIpc) is 2.86. The average molecular weight is 292 g/mol. The highest BCUT2D eigenvalue weighted by Crippen LogP contribution is 2.63. The fourth-order valence-electron chi connectivity index (χ4n) is 3.14. The number of amides is 2. The van der Waals surface area contributed by atoms with E-state index in [1.807, 2.05) is 13.8 Å². The molecule has 1 aromatic rings. The standard InChI is InChI=1S/C14H13FN2O4/c1-14(2)10-11(14)13(19)16(12(10)18)6-7-3-4-9(17(20)21)8(15)5-7/h3-5,10-11H,6H2,1-2H3. The van der Waals surface area contributed by atoms with Crippen LogP contribution in [0.4, 0.5) is 10.1 Å². The third kappa shape index (κ3) is 1.84. The molecule has 2 fully saturated rings. The second-order valence-corrected chi connectivity index (χ2v) is 6.08. The van der Waals surface area contributed by atoms with E-state index in [2.05, 4.69) is 0 Å². The highest BCUT2D eigenvalue weighted by molar-refractivity contribution is 6.10. The van der Waals surface area contributed by atoms with Crippen molar-refractivity contribution in [1.82, 2.24) is 4.90 Å². The van der Waals surface area contributed by atoms with Crippen LogP contribution >= 0.6 is 0 Å². The molecule has 21 heavy (non-hydrogen) atoms. The molecule has 2 unspecified atom stereocenters. The van der Waals surface area contributed by atoms with E-state index in [-0.39, 0.29) is 35.6 Å². The van der Waals surface area contributed by atoms with Crippen LogP contribution in [0, 0.1) is 33.2 Å². The third-order valence-electron chi connectivity index (χ3n) is 4.44. The van der Waals surface area contributed by atoms with Crippen LogP contribution in [0.5, 0.6) is 0 Å². The molecular weight excluding hydrogens is 279 g/mol. The van der Waals surface area contributed by atoms with Gasteiger partial charge in [0.15, 0.2) is 0 Å². The van der Waals surface area contributed by atoms with Crippen LogP contribution in [0.25, 0.3) is 0 Å². The van der Waals surface area contributed by atoms with Gasteiger partial charge in [0.1, 0.15) is 0 Å². The zero-order valence-electron chi connectivity index (χ0n) is 11.5. The van der Waals surface area contributed by atoms with Crippen molar-refractivity contribution in [2.24, 2.45) is 17.3 Å². The van der Waals surface area contributed by atoms with Crippen LogP contribution in [-0.4, -0.2) is 21.6 Å². The second kappa shape index (κ2) is 4.09. The molecule has 2 aliphatic rings. The van der Waals surface area contributed by atoms with Crippen LogP contribution in [0.2, 0.25) is 0 Å². The molecule has 1 heterocycles. The molecule has 0 spiro atoms. The lowest BCUT2D eigenvalue weighted by atomic mass is 10.0. The van der Waals surface area contributed by atoms with Gasteiger partial charge in [0.2, 0.25) is 17.6 Å². The minimum absolute atomic E-state index is 0.0460. The highest BCUT2D eigenvalue weighted by Gasteiger charge is 2.72. The van der Waals surface area contributed by atoms with Gasteiger partial charge in [-0.2, -0.15) is 4.39 Å². The summed E-state index contributed by atoms with van der Waals surface area (Å²) in [4.78, 5) is 35.1. The van der Waals surface area contributed by atoms with Crippen molar-refractivity contribution in [2.75, 3.05) is 0 Å². The number of halogens is 1. The molecule has 2 atom stereocenters. The van der Waals surface area contributed by atoms with E-state index < -0.39 is 16.4 Å². The van der Waals surface area contributed by atoms with E-state index in [4.69, 9.17) is 0 Å². The first-order chi connectivity index (χ1) is 9.75. The third-order valence-corrected chi connectivity index (χ3v) is 4.44. The fraction of sp³-hybridized carbons (Fsp3) is 0.429. The van der Waals surface area contributed by atoms with E-state index in [0.717, 1.165) is 17.0 Å². The number of carbonyl (C=O) groups is 2. The molecule has 3 rings (SSSR count). The van der Waals surface area contributed by atoms with E-state index in [9.17, 15) is 24.1 Å². The van der Waals surface area contributed by atoms with E-state index in [0.29, 0.717) is 5.56 Å². The zero-order chi connectivity index (χ0) is 15.5. The molecule has 2 amide bonds. The molecular formula is C14H13FN2O4. The van der Waals surface area contributed by atoms with Crippen molar-refractivity contribution in [3.05, 3.63) is 39.7 Å². The Morgan fingerprint density at radius 3 is 2.33 bits per heavy atom. The summed E-state index contributed by atoms with van der Waals surface area (Å²) >= 11 is 0. The van der Waals surface area contributed by atoms with Gasteiger partial charge in [-0.15, -0.1) is 0 Å². The van der Waals surface area contributed by atoms with Crippen LogP contribution in [0.3, 0.4) is 0 Å². The van der Waals surface area contributed by atoms with Gasteiger partial charge in [0.05, 0.1) is 23.3 Å². The fourth-order valence-corrected chi connectivity index (χ4v) is 3.14. The summed E-state index contributed by atoms with van der Waals surface area (Å²) in [5, 5.41) is 10.5.